The number of fused-ring (bicyclic) bond motifs is 1. The van der Waals surface area contributed by atoms with Crippen LogP contribution in [-0.2, 0) is 6.54 Å². The van der Waals surface area contributed by atoms with Crippen molar-refractivity contribution in [3.63, 3.8) is 0 Å². The molecule has 6 nitrogen and oxygen atoms in total. The maximum Gasteiger partial charge on any atom is 0.416 e. The summed E-state index contributed by atoms with van der Waals surface area (Å²) in [6.45, 7) is 1.99. The molecule has 0 unspecified atom stereocenters. The second-order valence-corrected chi connectivity index (χ2v) is 2.49. The lowest BCUT2D eigenvalue weighted by atomic mass is 10.6. The van der Waals surface area contributed by atoms with E-state index in [0.717, 1.165) is 4.57 Å². The molecule has 0 amide bonds. The van der Waals surface area contributed by atoms with Crippen LogP contribution in [0.25, 0.3) is 5.53 Å². The molecule has 2 heterocycles. The van der Waals surface area contributed by atoms with E-state index in [1.54, 1.807) is 6.92 Å². The van der Waals surface area contributed by atoms with Gasteiger partial charge >= 0.3 is 17.1 Å². The first kappa shape index (κ1) is 6.96. The van der Waals surface area contributed by atoms with Crippen LogP contribution in [0.2, 0.25) is 0 Å². The lowest BCUT2D eigenvalue weighted by molar-refractivity contribution is 0.684. The van der Waals surface area contributed by atoms with Gasteiger partial charge in [0.25, 0.3) is 5.69 Å². The number of hydrogen-bond acceptors (Lipinski definition) is 2. The zero-order chi connectivity index (χ0) is 8.88. The zero-order valence-corrected chi connectivity index (χ0v) is 6.37. The Kier molecular flexibility index (Phi) is 1.10. The summed E-state index contributed by atoms with van der Waals surface area (Å²) < 4.78 is 1.70. The Labute approximate surface area is 66.6 Å². The smallest absolute Gasteiger partial charge is 0.416 e. The first-order chi connectivity index (χ1) is 5.66. The zero-order valence-electron chi connectivity index (χ0n) is 6.37. The van der Waals surface area contributed by atoms with E-state index >= 15 is 0 Å². The molecule has 1 aliphatic heterocycles. The molecule has 0 fully saturated rings. The van der Waals surface area contributed by atoms with Crippen molar-refractivity contribution in [1.82, 2.24) is 14.2 Å². The molecular formula is C6H6N4O2. The fraction of sp³-hybridized carbons (Fsp3) is 0.333. The van der Waals surface area contributed by atoms with Crippen LogP contribution in [0.5, 0.6) is 0 Å². The Bertz CT molecular complexity index is 481. The molecule has 0 spiro atoms. The normalized spacial score (nSPS) is 12.9. The van der Waals surface area contributed by atoms with Gasteiger partial charge in [0.15, 0.2) is 0 Å². The number of hydrogen-bond donors (Lipinski definition) is 1. The van der Waals surface area contributed by atoms with Gasteiger partial charge in [0.1, 0.15) is 0 Å². The fourth-order valence-electron chi connectivity index (χ4n) is 1.14. The van der Waals surface area contributed by atoms with E-state index in [1.165, 1.54) is 0 Å². The topological polar surface area (TPSA) is 80.2 Å². The Morgan fingerprint density at radius 1 is 1.58 bits per heavy atom. The van der Waals surface area contributed by atoms with Crippen molar-refractivity contribution in [3.8, 4) is 0 Å². The number of aromatic amines is 1. The Hall–Kier alpha value is -1.72. The summed E-state index contributed by atoms with van der Waals surface area (Å²) in [5, 5.41) is 0. The lowest BCUT2D eigenvalue weighted by Crippen LogP contribution is -2.31. The second kappa shape index (κ2) is 1.90. The molecule has 62 valence electrons. The Balaban J connectivity index is 2.86. The van der Waals surface area contributed by atoms with E-state index in [9.17, 15) is 9.59 Å². The Morgan fingerprint density at radius 2 is 2.25 bits per heavy atom. The third-order valence-electron chi connectivity index (χ3n) is 1.83. The van der Waals surface area contributed by atoms with Crippen LogP contribution in [-0.4, -0.2) is 9.55 Å². The van der Waals surface area contributed by atoms with Crippen molar-refractivity contribution in [1.29, 1.82) is 0 Å². The Morgan fingerprint density at radius 3 is 2.83 bits per heavy atom. The van der Waals surface area contributed by atoms with Crippen LogP contribution >= 0.6 is 0 Å². The highest BCUT2D eigenvalue weighted by Gasteiger charge is 2.36. The molecule has 0 atom stereocenters. The fourth-order valence-corrected chi connectivity index (χ4v) is 1.14. The molecule has 0 bridgehead atoms. The van der Waals surface area contributed by atoms with E-state index in [4.69, 9.17) is 5.53 Å². The van der Waals surface area contributed by atoms with E-state index in [2.05, 4.69) is 4.98 Å². The van der Waals surface area contributed by atoms with Gasteiger partial charge in [-0.1, -0.05) is 0 Å². The predicted octanol–water partition coefficient (Wildman–Crippen LogP) is -0.274. The third kappa shape index (κ3) is 0.635. The summed E-state index contributed by atoms with van der Waals surface area (Å²) in [6, 6.07) is 0. The second-order valence-electron chi connectivity index (χ2n) is 2.49. The van der Waals surface area contributed by atoms with Gasteiger partial charge in [-0.15, -0.1) is 0 Å². The van der Waals surface area contributed by atoms with Gasteiger partial charge in [-0.25, -0.2) is 9.36 Å². The molecule has 1 N–H and O–H groups in total. The van der Waals surface area contributed by atoms with Gasteiger partial charge in [-0.3, -0.25) is 9.49 Å². The minimum atomic E-state index is -0.488. The maximum absolute atomic E-state index is 11.2. The highest BCUT2D eigenvalue weighted by atomic mass is 16.2. The van der Waals surface area contributed by atoms with Crippen molar-refractivity contribution in [2.75, 3.05) is 0 Å². The molecule has 0 radical (unpaired) electrons. The van der Waals surface area contributed by atoms with Crippen molar-refractivity contribution < 1.29 is 0 Å². The van der Waals surface area contributed by atoms with Crippen LogP contribution in [0.1, 0.15) is 6.92 Å². The standard InChI is InChI=1S/C6H6N4O2/c1-2-9-5(11)3-4(10(3)7)8-6(9)12/h2H2,1H3,(H,8,12). The van der Waals surface area contributed by atoms with E-state index < -0.39 is 11.2 Å². The monoisotopic (exact) mass is 166 g/mol. The molecule has 6 heteroatoms. The molecule has 12 heavy (non-hydrogen) atoms. The van der Waals surface area contributed by atoms with Gasteiger partial charge in [-0.2, -0.15) is 4.98 Å². The van der Waals surface area contributed by atoms with Crippen LogP contribution in [0.3, 0.4) is 0 Å². The molecule has 0 saturated carbocycles. The summed E-state index contributed by atoms with van der Waals surface area (Å²) in [5.74, 6) is 0.203. The van der Waals surface area contributed by atoms with Crippen LogP contribution in [0.15, 0.2) is 9.59 Å². The summed E-state index contributed by atoms with van der Waals surface area (Å²) in [6.07, 6.45) is 0. The highest BCUT2D eigenvalue weighted by Crippen LogP contribution is 2.34. The first-order valence-electron chi connectivity index (χ1n) is 3.53. The quantitative estimate of drug-likeness (QED) is 0.467. The predicted molar refractivity (Wildman–Crippen MR) is 41.8 cm³/mol. The summed E-state index contributed by atoms with van der Waals surface area (Å²) in [5.41, 5.74) is 8.15. The average Bonchev–Trinajstić information content (AvgIpc) is 2.62. The van der Waals surface area contributed by atoms with Crippen molar-refractivity contribution in [2.45, 2.75) is 13.5 Å². The maximum atomic E-state index is 11.2. The lowest BCUT2D eigenvalue weighted by Gasteiger charge is -1.89. The number of rotatable bonds is 1. The first-order valence-corrected chi connectivity index (χ1v) is 3.53. The highest BCUT2D eigenvalue weighted by molar-refractivity contribution is 5.74. The average molecular weight is 166 g/mol. The minimum Gasteiger partial charge on any atom is -0.605 e. The molecule has 1 aromatic heterocycles. The van der Waals surface area contributed by atoms with Crippen molar-refractivity contribution in [3.05, 3.63) is 26.4 Å². The number of nitrogens with one attached hydrogen (secondary N) is 1. The van der Waals surface area contributed by atoms with Gasteiger partial charge < -0.3 is 5.53 Å². The summed E-state index contributed by atoms with van der Waals surface area (Å²) >= 11 is 0. The largest absolute Gasteiger partial charge is 0.605 e. The molecule has 0 aromatic carbocycles. The minimum absolute atomic E-state index is 0.163. The molecule has 0 aliphatic carbocycles. The SMILES string of the molecule is CCn1c(=O)[nH]c2c(c1=O)[N+]2=[N-]. The van der Waals surface area contributed by atoms with E-state index in [1.807, 2.05) is 0 Å². The molecule has 1 aliphatic rings. The number of aromatic nitrogens is 2. The number of H-pyrrole nitrogens is 1. The summed E-state index contributed by atoms with van der Waals surface area (Å²) in [4.78, 5) is 24.6. The van der Waals surface area contributed by atoms with Crippen LogP contribution in [0.4, 0.5) is 11.5 Å². The molecule has 2 rings (SSSR count). The van der Waals surface area contributed by atoms with Crippen molar-refractivity contribution >= 4 is 11.5 Å². The van der Waals surface area contributed by atoms with Gasteiger partial charge in [0, 0.05) is 6.54 Å². The van der Waals surface area contributed by atoms with Gasteiger partial charge in [0.05, 0.1) is 0 Å². The molecular weight excluding hydrogens is 160 g/mol. The van der Waals surface area contributed by atoms with Gasteiger partial charge in [0.2, 0.25) is 0 Å². The molecule has 0 saturated heterocycles. The third-order valence-corrected chi connectivity index (χ3v) is 1.83. The number of nitrogens with zero attached hydrogens (tertiary/aromatic N) is 3. The van der Waals surface area contributed by atoms with E-state index in [-0.39, 0.29) is 11.5 Å². The molecule has 1 aromatic rings. The van der Waals surface area contributed by atoms with Crippen molar-refractivity contribution in [2.24, 2.45) is 0 Å². The van der Waals surface area contributed by atoms with E-state index in [0.29, 0.717) is 11.2 Å². The van der Waals surface area contributed by atoms with Crippen LogP contribution in [0, 0.1) is 0 Å². The summed E-state index contributed by atoms with van der Waals surface area (Å²) in [7, 11) is 0. The van der Waals surface area contributed by atoms with Crippen LogP contribution < -0.4 is 15.9 Å². The van der Waals surface area contributed by atoms with Gasteiger partial charge in [-0.05, 0) is 6.92 Å².